The standard InChI is InChI=1S/C22H22F3N3O3/c1-2-31-21(30)15-28(14-16-7-9-18(10-8-16)22(23,24)25)12-11-20(29)27-19-6-4-3-5-17(19)13-26/h3-10H,2,11-12,14-15H2,1H3,(H,27,29). The Morgan fingerprint density at radius 2 is 1.81 bits per heavy atom. The molecule has 0 aliphatic rings. The summed E-state index contributed by atoms with van der Waals surface area (Å²) in [6, 6.07) is 13.2. The molecule has 0 radical (unpaired) electrons. The second-order valence-corrected chi connectivity index (χ2v) is 6.67. The van der Waals surface area contributed by atoms with Crippen LogP contribution in [0.5, 0.6) is 0 Å². The Morgan fingerprint density at radius 1 is 1.13 bits per heavy atom. The summed E-state index contributed by atoms with van der Waals surface area (Å²) in [6.07, 6.45) is -4.42. The van der Waals surface area contributed by atoms with Crippen molar-refractivity contribution < 1.29 is 27.5 Å². The number of nitriles is 1. The lowest BCUT2D eigenvalue weighted by Gasteiger charge is -2.21. The topological polar surface area (TPSA) is 82.4 Å². The van der Waals surface area contributed by atoms with Gasteiger partial charge < -0.3 is 10.1 Å². The van der Waals surface area contributed by atoms with Crippen molar-refractivity contribution in [1.82, 2.24) is 4.90 Å². The number of amides is 1. The molecule has 0 aliphatic carbocycles. The largest absolute Gasteiger partial charge is 0.465 e. The Morgan fingerprint density at radius 3 is 2.42 bits per heavy atom. The number of anilines is 1. The number of benzene rings is 2. The molecule has 2 rings (SSSR count). The van der Waals surface area contributed by atoms with Gasteiger partial charge in [-0.25, -0.2) is 0 Å². The highest BCUT2D eigenvalue weighted by Crippen LogP contribution is 2.29. The molecule has 0 bridgehead atoms. The number of nitrogens with one attached hydrogen (secondary N) is 1. The number of esters is 1. The number of hydrogen-bond donors (Lipinski definition) is 1. The molecular weight excluding hydrogens is 411 g/mol. The van der Waals surface area contributed by atoms with Crippen LogP contribution in [0.1, 0.15) is 30.0 Å². The van der Waals surface area contributed by atoms with E-state index in [1.807, 2.05) is 6.07 Å². The number of hydrogen-bond acceptors (Lipinski definition) is 5. The van der Waals surface area contributed by atoms with Crippen LogP contribution in [0.3, 0.4) is 0 Å². The van der Waals surface area contributed by atoms with Gasteiger partial charge in [-0.3, -0.25) is 14.5 Å². The van der Waals surface area contributed by atoms with Gasteiger partial charge in [0.15, 0.2) is 0 Å². The number of carbonyl (C=O) groups is 2. The first-order valence-electron chi connectivity index (χ1n) is 9.56. The molecule has 31 heavy (non-hydrogen) atoms. The average molecular weight is 433 g/mol. The third-order valence-electron chi connectivity index (χ3n) is 4.32. The van der Waals surface area contributed by atoms with E-state index < -0.39 is 17.7 Å². The lowest BCUT2D eigenvalue weighted by atomic mass is 10.1. The van der Waals surface area contributed by atoms with Crippen molar-refractivity contribution >= 4 is 17.6 Å². The van der Waals surface area contributed by atoms with Gasteiger partial charge in [0.25, 0.3) is 0 Å². The second kappa shape index (κ2) is 11.1. The Bertz CT molecular complexity index is 937. The van der Waals surface area contributed by atoms with Crippen LogP contribution in [0.15, 0.2) is 48.5 Å². The van der Waals surface area contributed by atoms with Gasteiger partial charge in [-0.15, -0.1) is 0 Å². The molecule has 9 heteroatoms. The maximum absolute atomic E-state index is 12.7. The summed E-state index contributed by atoms with van der Waals surface area (Å²) in [5.74, 6) is -0.853. The monoisotopic (exact) mass is 433 g/mol. The minimum Gasteiger partial charge on any atom is -0.465 e. The number of para-hydroxylation sites is 1. The van der Waals surface area contributed by atoms with Crippen molar-refractivity contribution in [2.75, 3.05) is 25.0 Å². The van der Waals surface area contributed by atoms with Crippen LogP contribution in [0.4, 0.5) is 18.9 Å². The predicted molar refractivity (Wildman–Crippen MR) is 108 cm³/mol. The number of halogens is 3. The van der Waals surface area contributed by atoms with Crippen LogP contribution in [-0.2, 0) is 27.0 Å². The van der Waals surface area contributed by atoms with E-state index in [1.54, 1.807) is 36.1 Å². The summed E-state index contributed by atoms with van der Waals surface area (Å²) in [4.78, 5) is 25.8. The summed E-state index contributed by atoms with van der Waals surface area (Å²) in [7, 11) is 0. The van der Waals surface area contributed by atoms with Crippen LogP contribution in [-0.4, -0.2) is 36.5 Å². The van der Waals surface area contributed by atoms with E-state index >= 15 is 0 Å². The summed E-state index contributed by atoms with van der Waals surface area (Å²) < 4.78 is 43.2. The predicted octanol–water partition coefficient (Wildman–Crippen LogP) is 3.97. The maximum atomic E-state index is 12.7. The summed E-state index contributed by atoms with van der Waals surface area (Å²) in [6.45, 7) is 2.08. The van der Waals surface area contributed by atoms with Crippen molar-refractivity contribution in [3.63, 3.8) is 0 Å². The zero-order valence-corrected chi connectivity index (χ0v) is 16.9. The van der Waals surface area contributed by atoms with Crippen LogP contribution >= 0.6 is 0 Å². The summed E-state index contributed by atoms with van der Waals surface area (Å²) >= 11 is 0. The molecule has 6 nitrogen and oxygen atoms in total. The lowest BCUT2D eigenvalue weighted by Crippen LogP contribution is -2.33. The molecule has 0 unspecified atom stereocenters. The van der Waals surface area contributed by atoms with E-state index in [0.29, 0.717) is 16.8 Å². The molecule has 0 aromatic heterocycles. The molecule has 164 valence electrons. The molecule has 0 aliphatic heterocycles. The van der Waals surface area contributed by atoms with Crippen molar-refractivity contribution in [3.8, 4) is 6.07 Å². The van der Waals surface area contributed by atoms with Gasteiger partial charge in [0, 0.05) is 19.5 Å². The molecule has 2 aromatic rings. The minimum absolute atomic E-state index is 0.0137. The lowest BCUT2D eigenvalue weighted by molar-refractivity contribution is -0.144. The zero-order valence-electron chi connectivity index (χ0n) is 16.9. The molecule has 2 aromatic carbocycles. The first-order chi connectivity index (χ1) is 14.7. The minimum atomic E-state index is -4.43. The molecule has 0 spiro atoms. The third kappa shape index (κ3) is 7.75. The van der Waals surface area contributed by atoms with E-state index in [9.17, 15) is 22.8 Å². The highest BCUT2D eigenvalue weighted by molar-refractivity contribution is 5.92. The van der Waals surface area contributed by atoms with E-state index in [1.165, 1.54) is 12.1 Å². The van der Waals surface area contributed by atoms with Gasteiger partial charge in [0.05, 0.1) is 30.0 Å². The van der Waals surface area contributed by atoms with Crippen molar-refractivity contribution in [2.45, 2.75) is 26.1 Å². The molecule has 0 saturated heterocycles. The Balaban J connectivity index is 2.03. The number of carbonyl (C=O) groups excluding carboxylic acids is 2. The molecule has 1 N–H and O–H groups in total. The van der Waals surface area contributed by atoms with Gasteiger partial charge in [-0.2, -0.15) is 18.4 Å². The van der Waals surface area contributed by atoms with Crippen molar-refractivity contribution in [3.05, 3.63) is 65.2 Å². The van der Waals surface area contributed by atoms with Crippen LogP contribution in [0.2, 0.25) is 0 Å². The molecule has 1 amide bonds. The molecule has 0 saturated carbocycles. The molecule has 0 fully saturated rings. The van der Waals surface area contributed by atoms with Gasteiger partial charge in [-0.05, 0) is 36.8 Å². The summed E-state index contributed by atoms with van der Waals surface area (Å²) in [5.41, 5.74) is 0.509. The fourth-order valence-electron chi connectivity index (χ4n) is 2.82. The smallest absolute Gasteiger partial charge is 0.416 e. The summed E-state index contributed by atoms with van der Waals surface area (Å²) in [5, 5.41) is 11.8. The van der Waals surface area contributed by atoms with Crippen LogP contribution in [0.25, 0.3) is 0 Å². The maximum Gasteiger partial charge on any atom is 0.416 e. The van der Waals surface area contributed by atoms with Crippen molar-refractivity contribution in [2.24, 2.45) is 0 Å². The highest BCUT2D eigenvalue weighted by Gasteiger charge is 2.30. The SMILES string of the molecule is CCOC(=O)CN(CCC(=O)Nc1ccccc1C#N)Cc1ccc(C(F)(F)F)cc1. The van der Waals surface area contributed by atoms with Crippen LogP contribution in [0, 0.1) is 11.3 Å². The third-order valence-corrected chi connectivity index (χ3v) is 4.32. The molecule has 0 heterocycles. The van der Waals surface area contributed by atoms with E-state index in [-0.39, 0.29) is 38.6 Å². The average Bonchev–Trinajstić information content (AvgIpc) is 2.72. The Kier molecular flexibility index (Phi) is 8.58. The zero-order chi connectivity index (χ0) is 22.9. The Labute approximate surface area is 178 Å². The second-order valence-electron chi connectivity index (χ2n) is 6.67. The van der Waals surface area contributed by atoms with Gasteiger partial charge in [0.1, 0.15) is 6.07 Å². The van der Waals surface area contributed by atoms with E-state index in [2.05, 4.69) is 5.32 Å². The van der Waals surface area contributed by atoms with Gasteiger partial charge in [-0.1, -0.05) is 24.3 Å². The quantitative estimate of drug-likeness (QED) is 0.605. The molecular formula is C22H22F3N3O3. The van der Waals surface area contributed by atoms with E-state index in [0.717, 1.165) is 12.1 Å². The van der Waals surface area contributed by atoms with Crippen LogP contribution < -0.4 is 5.32 Å². The number of ether oxygens (including phenoxy) is 1. The fraction of sp³-hybridized carbons (Fsp3) is 0.318. The normalized spacial score (nSPS) is 11.1. The molecule has 0 atom stereocenters. The van der Waals surface area contributed by atoms with Gasteiger partial charge in [0.2, 0.25) is 5.91 Å². The fourth-order valence-corrected chi connectivity index (χ4v) is 2.82. The number of rotatable bonds is 9. The highest BCUT2D eigenvalue weighted by atomic mass is 19.4. The number of alkyl halides is 3. The first kappa shape index (κ1) is 23.9. The Hall–Kier alpha value is -3.38. The first-order valence-corrected chi connectivity index (χ1v) is 9.56. The number of nitrogens with zero attached hydrogens (tertiary/aromatic N) is 2. The van der Waals surface area contributed by atoms with E-state index in [4.69, 9.17) is 10.00 Å². The van der Waals surface area contributed by atoms with Crippen molar-refractivity contribution in [1.29, 1.82) is 5.26 Å². The van der Waals surface area contributed by atoms with Gasteiger partial charge >= 0.3 is 12.1 Å².